The summed E-state index contributed by atoms with van der Waals surface area (Å²) in [5.74, 6) is -2.73. The van der Waals surface area contributed by atoms with Crippen LogP contribution >= 0.6 is 0 Å². The monoisotopic (exact) mass is 281 g/mol. The molecule has 0 aromatic heterocycles. The van der Waals surface area contributed by atoms with Gasteiger partial charge in [-0.1, -0.05) is 0 Å². The number of rotatable bonds is 5. The molecule has 1 amide bonds. The van der Waals surface area contributed by atoms with Crippen molar-refractivity contribution in [3.05, 3.63) is 24.0 Å². The Morgan fingerprint density at radius 3 is 2.75 bits per heavy atom. The fourth-order valence-electron chi connectivity index (χ4n) is 2.46. The molecule has 2 atom stereocenters. The lowest BCUT2D eigenvalue weighted by atomic mass is 9.97. The molecule has 0 radical (unpaired) electrons. The zero-order valence-electron chi connectivity index (χ0n) is 10.9. The molecular formula is C13H15NO6. The molecular weight excluding hydrogens is 266 g/mol. The minimum atomic E-state index is -1.21. The molecule has 2 N–H and O–H groups in total. The number of ether oxygens (including phenoxy) is 1. The molecule has 0 aromatic carbocycles. The van der Waals surface area contributed by atoms with E-state index in [1.54, 1.807) is 19.1 Å². The van der Waals surface area contributed by atoms with Crippen LogP contribution in [0.15, 0.2) is 24.0 Å². The smallest absolute Gasteiger partial charge is 0.326 e. The Bertz CT molecular complexity index is 523. The summed E-state index contributed by atoms with van der Waals surface area (Å²) >= 11 is 0. The van der Waals surface area contributed by atoms with E-state index in [9.17, 15) is 19.5 Å². The maximum Gasteiger partial charge on any atom is 0.326 e. The quantitative estimate of drug-likeness (QED) is 0.754. The van der Waals surface area contributed by atoms with E-state index in [0.717, 1.165) is 0 Å². The lowest BCUT2D eigenvalue weighted by molar-refractivity contribution is -0.149. The van der Waals surface area contributed by atoms with Gasteiger partial charge in [-0.15, -0.1) is 0 Å². The highest BCUT2D eigenvalue weighted by Gasteiger charge is 2.50. The molecule has 2 heterocycles. The van der Waals surface area contributed by atoms with Crippen LogP contribution in [0.5, 0.6) is 0 Å². The molecule has 2 unspecified atom stereocenters. The van der Waals surface area contributed by atoms with Crippen molar-refractivity contribution in [3.63, 3.8) is 0 Å². The highest BCUT2D eigenvalue weighted by molar-refractivity contribution is 6.01. The number of hydrogen-bond acceptors (Lipinski definition) is 4. The minimum Gasteiger partial charge on any atom is -0.488 e. The number of amides is 1. The Hall–Kier alpha value is -2.31. The van der Waals surface area contributed by atoms with E-state index in [4.69, 9.17) is 9.84 Å². The number of carbonyl (C=O) groups is 3. The van der Waals surface area contributed by atoms with E-state index in [1.807, 2.05) is 0 Å². The molecule has 0 spiro atoms. The van der Waals surface area contributed by atoms with E-state index >= 15 is 0 Å². The zero-order chi connectivity index (χ0) is 14.9. The fourth-order valence-corrected chi connectivity index (χ4v) is 2.46. The third kappa shape index (κ3) is 2.38. The van der Waals surface area contributed by atoms with Crippen molar-refractivity contribution in [2.24, 2.45) is 0 Å². The van der Waals surface area contributed by atoms with Gasteiger partial charge in [0.2, 0.25) is 0 Å². The molecule has 7 nitrogen and oxygen atoms in total. The first-order chi connectivity index (χ1) is 9.35. The van der Waals surface area contributed by atoms with Crippen molar-refractivity contribution in [1.82, 2.24) is 4.90 Å². The number of carboxylic acids is 2. The van der Waals surface area contributed by atoms with Crippen molar-refractivity contribution in [2.45, 2.75) is 31.4 Å². The van der Waals surface area contributed by atoms with Crippen LogP contribution in [0, 0.1) is 0 Å². The van der Waals surface area contributed by atoms with Gasteiger partial charge in [0.05, 0.1) is 18.4 Å². The average molecular weight is 281 g/mol. The highest BCUT2D eigenvalue weighted by atomic mass is 16.5. The zero-order valence-corrected chi connectivity index (χ0v) is 10.9. The molecule has 0 saturated carbocycles. The molecule has 0 aromatic rings. The van der Waals surface area contributed by atoms with Crippen LogP contribution in [0.1, 0.15) is 19.8 Å². The van der Waals surface area contributed by atoms with Crippen LogP contribution in [-0.4, -0.2) is 51.1 Å². The van der Waals surface area contributed by atoms with E-state index in [-0.39, 0.29) is 19.4 Å². The van der Waals surface area contributed by atoms with Crippen molar-refractivity contribution < 1.29 is 29.3 Å². The maximum atomic E-state index is 12.3. The largest absolute Gasteiger partial charge is 0.488 e. The summed E-state index contributed by atoms with van der Waals surface area (Å²) in [6.45, 7) is 1.80. The predicted octanol–water partition coefficient (Wildman–Crippen LogP) is 0.376. The van der Waals surface area contributed by atoms with Gasteiger partial charge in [-0.3, -0.25) is 9.59 Å². The Balaban J connectivity index is 2.21. The molecule has 1 fully saturated rings. The normalized spacial score (nSPS) is 25.8. The molecule has 0 aliphatic carbocycles. The van der Waals surface area contributed by atoms with Crippen molar-refractivity contribution in [2.75, 3.05) is 6.54 Å². The predicted molar refractivity (Wildman–Crippen MR) is 66.7 cm³/mol. The van der Waals surface area contributed by atoms with Crippen LogP contribution < -0.4 is 0 Å². The Morgan fingerprint density at radius 2 is 2.20 bits per heavy atom. The van der Waals surface area contributed by atoms with Gasteiger partial charge in [-0.2, -0.15) is 0 Å². The van der Waals surface area contributed by atoms with E-state index < -0.39 is 29.5 Å². The number of hydrogen-bond donors (Lipinski definition) is 2. The van der Waals surface area contributed by atoms with Crippen LogP contribution in [0.2, 0.25) is 0 Å². The van der Waals surface area contributed by atoms with E-state index in [1.165, 1.54) is 11.2 Å². The Labute approximate surface area is 115 Å². The van der Waals surface area contributed by atoms with Gasteiger partial charge in [-0.05, 0) is 25.5 Å². The molecule has 20 heavy (non-hydrogen) atoms. The van der Waals surface area contributed by atoms with Gasteiger partial charge in [0, 0.05) is 6.42 Å². The first-order valence-electron chi connectivity index (χ1n) is 6.16. The summed E-state index contributed by atoms with van der Waals surface area (Å²) in [7, 11) is 0. The number of aliphatic carboxylic acids is 2. The molecule has 108 valence electrons. The standard InChI is InChI=1S/C13H15NO6/c1-13-7-14(9(12(18)19)4-5-10(15)16)11(17)8(13)3-2-6-20-13/h2-3,6,9H,4-5,7H2,1H3,(H,15,16)(H,18,19). The van der Waals surface area contributed by atoms with Gasteiger partial charge in [0.25, 0.3) is 5.91 Å². The second kappa shape index (κ2) is 4.99. The Kier molecular flexibility index (Phi) is 3.52. The minimum absolute atomic E-state index is 0.0958. The first kappa shape index (κ1) is 14.1. The SMILES string of the molecule is CC12CN(C(CCC(=O)O)C(=O)O)C(=O)C1=CC=CO2. The molecule has 7 heteroatoms. The van der Waals surface area contributed by atoms with Crippen LogP contribution in [0.25, 0.3) is 0 Å². The summed E-state index contributed by atoms with van der Waals surface area (Å²) in [6.07, 6.45) is 4.18. The van der Waals surface area contributed by atoms with Crippen LogP contribution in [0.3, 0.4) is 0 Å². The number of carbonyl (C=O) groups excluding carboxylic acids is 1. The lowest BCUT2D eigenvalue weighted by Crippen LogP contribution is -2.44. The molecule has 0 bridgehead atoms. The second-order valence-corrected chi connectivity index (χ2v) is 4.98. The second-order valence-electron chi connectivity index (χ2n) is 4.98. The summed E-state index contributed by atoms with van der Waals surface area (Å²) in [5, 5.41) is 17.9. The van der Waals surface area contributed by atoms with Gasteiger partial charge in [-0.25, -0.2) is 4.79 Å². The summed E-state index contributed by atoms with van der Waals surface area (Å²) in [5.41, 5.74) is -0.482. The Morgan fingerprint density at radius 1 is 1.50 bits per heavy atom. The summed E-state index contributed by atoms with van der Waals surface area (Å²) in [4.78, 5) is 35.3. The van der Waals surface area contributed by atoms with Gasteiger partial charge in [0.15, 0.2) is 5.60 Å². The van der Waals surface area contributed by atoms with Crippen LogP contribution in [0.4, 0.5) is 0 Å². The van der Waals surface area contributed by atoms with E-state index in [0.29, 0.717) is 5.57 Å². The molecule has 2 aliphatic rings. The van der Waals surface area contributed by atoms with E-state index in [2.05, 4.69) is 0 Å². The number of likely N-dealkylation sites (tertiary alicyclic amines) is 1. The summed E-state index contributed by atoms with van der Waals surface area (Å²) in [6, 6.07) is -1.16. The number of allylic oxidation sites excluding steroid dienone is 2. The van der Waals surface area contributed by atoms with Crippen LogP contribution in [-0.2, 0) is 19.1 Å². The molecule has 2 rings (SSSR count). The molecule has 1 saturated heterocycles. The van der Waals surface area contributed by atoms with Crippen molar-refractivity contribution in [1.29, 1.82) is 0 Å². The molecule has 2 aliphatic heterocycles. The highest BCUT2D eigenvalue weighted by Crippen LogP contribution is 2.35. The van der Waals surface area contributed by atoms with Gasteiger partial charge < -0.3 is 19.8 Å². The third-order valence-corrected chi connectivity index (χ3v) is 3.50. The summed E-state index contributed by atoms with van der Waals surface area (Å²) < 4.78 is 5.42. The van der Waals surface area contributed by atoms with Crippen molar-refractivity contribution >= 4 is 17.8 Å². The van der Waals surface area contributed by atoms with Gasteiger partial charge >= 0.3 is 11.9 Å². The average Bonchev–Trinajstić information content (AvgIpc) is 2.61. The first-order valence-corrected chi connectivity index (χ1v) is 6.16. The number of carboxylic acid groups (broad SMARTS) is 2. The van der Waals surface area contributed by atoms with Crippen molar-refractivity contribution in [3.8, 4) is 0 Å². The fraction of sp³-hybridized carbons (Fsp3) is 0.462. The number of nitrogens with zero attached hydrogens (tertiary/aromatic N) is 1. The lowest BCUT2D eigenvalue weighted by Gasteiger charge is -2.27. The number of fused-ring (bicyclic) bond motifs is 1. The third-order valence-electron chi connectivity index (χ3n) is 3.50. The van der Waals surface area contributed by atoms with Gasteiger partial charge in [0.1, 0.15) is 6.04 Å². The topological polar surface area (TPSA) is 104 Å². The maximum absolute atomic E-state index is 12.3.